The quantitative estimate of drug-likeness (QED) is 0.212. The van der Waals surface area contributed by atoms with Gasteiger partial charge in [-0.25, -0.2) is 9.59 Å². The van der Waals surface area contributed by atoms with Crippen molar-refractivity contribution in [2.75, 3.05) is 0 Å². The zero-order valence-corrected chi connectivity index (χ0v) is 23.3. The molecule has 0 bridgehead atoms. The molecule has 2 amide bonds. The molecule has 2 aromatic carbocycles. The normalized spacial score (nSPS) is 14.3. The first-order valence-corrected chi connectivity index (χ1v) is 13.4. The van der Waals surface area contributed by atoms with Gasteiger partial charge >= 0.3 is 11.9 Å². The van der Waals surface area contributed by atoms with Gasteiger partial charge in [0, 0.05) is 12.8 Å². The summed E-state index contributed by atoms with van der Waals surface area (Å²) in [5.74, 6) is -2.54. The van der Waals surface area contributed by atoms with E-state index in [0.29, 0.717) is 12.8 Å². The van der Waals surface area contributed by atoms with Crippen molar-refractivity contribution in [2.24, 2.45) is 23.3 Å². The van der Waals surface area contributed by atoms with Gasteiger partial charge in [0.25, 0.3) is 0 Å². The van der Waals surface area contributed by atoms with Crippen molar-refractivity contribution in [1.29, 1.82) is 0 Å². The van der Waals surface area contributed by atoms with Crippen molar-refractivity contribution in [2.45, 2.75) is 77.5 Å². The average molecular weight is 539 g/mol. The van der Waals surface area contributed by atoms with E-state index >= 15 is 0 Å². The van der Waals surface area contributed by atoms with Crippen LogP contribution in [0.1, 0.15) is 51.7 Å². The molecule has 0 heterocycles. The fraction of sp³-hybridized carbons (Fsp3) is 0.467. The topological polar surface area (TPSA) is 154 Å². The van der Waals surface area contributed by atoms with Gasteiger partial charge in [-0.3, -0.25) is 9.59 Å². The molecule has 2 aromatic rings. The second kappa shape index (κ2) is 15.8. The highest BCUT2D eigenvalue weighted by molar-refractivity contribution is 5.95. The fourth-order valence-electron chi connectivity index (χ4n) is 4.11. The van der Waals surface area contributed by atoms with E-state index in [1.54, 1.807) is 48.5 Å². The number of carbonyl (C=O) groups is 4. The summed E-state index contributed by atoms with van der Waals surface area (Å²) >= 11 is 0. The lowest BCUT2D eigenvalue weighted by atomic mass is 10.0. The molecular formula is C30H42N4O5. The molecule has 0 fully saturated rings. The first kappa shape index (κ1) is 31.7. The van der Waals surface area contributed by atoms with Gasteiger partial charge in [0.2, 0.25) is 11.8 Å². The van der Waals surface area contributed by atoms with Crippen molar-refractivity contribution in [1.82, 2.24) is 10.6 Å². The monoisotopic (exact) mass is 538 g/mol. The molecule has 0 saturated carbocycles. The third kappa shape index (κ3) is 11.4. The summed E-state index contributed by atoms with van der Waals surface area (Å²) < 4.78 is 5.25. The summed E-state index contributed by atoms with van der Waals surface area (Å²) in [7, 11) is 0. The molecule has 9 nitrogen and oxygen atoms in total. The highest BCUT2D eigenvalue weighted by Crippen LogP contribution is 2.11. The van der Waals surface area contributed by atoms with Crippen molar-refractivity contribution in [3.8, 4) is 0 Å². The molecule has 4 unspecified atom stereocenters. The average Bonchev–Trinajstić information content (AvgIpc) is 2.88. The second-order valence-corrected chi connectivity index (χ2v) is 10.7. The molecule has 0 aliphatic heterocycles. The van der Waals surface area contributed by atoms with Crippen molar-refractivity contribution < 1.29 is 23.9 Å². The molecule has 39 heavy (non-hydrogen) atoms. The maximum Gasteiger partial charge on any atom is 0.336 e. The molecular weight excluding hydrogens is 496 g/mol. The lowest BCUT2D eigenvalue weighted by Gasteiger charge is -2.23. The Bertz CT molecular complexity index is 990. The summed E-state index contributed by atoms with van der Waals surface area (Å²) in [5, 5.41) is 5.29. The molecule has 212 valence electrons. The van der Waals surface area contributed by atoms with Gasteiger partial charge in [-0.15, -0.1) is 0 Å². The van der Waals surface area contributed by atoms with Crippen LogP contribution in [0.2, 0.25) is 0 Å². The first-order chi connectivity index (χ1) is 18.5. The minimum Gasteiger partial charge on any atom is -0.390 e. The summed E-state index contributed by atoms with van der Waals surface area (Å²) in [6.07, 6.45) is 1.06. The number of hydrogen-bond acceptors (Lipinski definition) is 7. The smallest absolute Gasteiger partial charge is 0.336 e. The number of carbonyl (C=O) groups excluding carboxylic acids is 4. The van der Waals surface area contributed by atoms with Crippen molar-refractivity contribution >= 4 is 23.8 Å². The number of benzene rings is 2. The van der Waals surface area contributed by atoms with Crippen LogP contribution in [0, 0.1) is 11.8 Å². The predicted octanol–water partition coefficient (Wildman–Crippen LogP) is 2.26. The molecule has 2 rings (SSSR count). The van der Waals surface area contributed by atoms with Crippen LogP contribution < -0.4 is 22.1 Å². The van der Waals surface area contributed by atoms with Crippen LogP contribution in [0.3, 0.4) is 0 Å². The first-order valence-electron chi connectivity index (χ1n) is 13.4. The number of esters is 2. The maximum atomic E-state index is 13.2. The summed E-state index contributed by atoms with van der Waals surface area (Å²) in [6, 6.07) is 14.2. The summed E-state index contributed by atoms with van der Waals surface area (Å²) in [5.41, 5.74) is 13.6. The SMILES string of the molecule is CC(C)CC(N)C(=O)NC(Cc1ccccc1)C(=O)OC(=O)C(Cc1ccccc1)NC(=O)C(N)CC(C)C. The fourth-order valence-corrected chi connectivity index (χ4v) is 4.11. The molecule has 9 heteroatoms. The molecule has 0 aromatic heterocycles. The number of nitrogens with one attached hydrogen (secondary N) is 2. The molecule has 0 aliphatic rings. The van der Waals surface area contributed by atoms with Crippen LogP contribution in [-0.2, 0) is 36.8 Å². The van der Waals surface area contributed by atoms with E-state index in [0.717, 1.165) is 11.1 Å². The van der Waals surface area contributed by atoms with Gasteiger partial charge in [0.15, 0.2) is 0 Å². The Kier molecular flexibility index (Phi) is 12.8. The Morgan fingerprint density at radius 1 is 0.641 bits per heavy atom. The second-order valence-electron chi connectivity index (χ2n) is 10.7. The molecule has 0 aliphatic carbocycles. The van der Waals surface area contributed by atoms with E-state index in [9.17, 15) is 19.2 Å². The van der Waals surface area contributed by atoms with Crippen LogP contribution in [0.15, 0.2) is 60.7 Å². The van der Waals surface area contributed by atoms with Crippen molar-refractivity contribution in [3.63, 3.8) is 0 Å². The zero-order chi connectivity index (χ0) is 28.9. The van der Waals surface area contributed by atoms with Crippen LogP contribution in [0.4, 0.5) is 0 Å². The number of amides is 2. The largest absolute Gasteiger partial charge is 0.390 e. The Labute approximate surface area is 231 Å². The van der Waals surface area contributed by atoms with Gasteiger partial charge in [-0.05, 0) is 35.8 Å². The van der Waals surface area contributed by atoms with Gasteiger partial charge in [0.05, 0.1) is 12.1 Å². The minimum absolute atomic E-state index is 0.0993. The van der Waals surface area contributed by atoms with Crippen LogP contribution in [0.25, 0.3) is 0 Å². The van der Waals surface area contributed by atoms with E-state index in [2.05, 4.69) is 10.6 Å². The van der Waals surface area contributed by atoms with Crippen LogP contribution >= 0.6 is 0 Å². The third-order valence-corrected chi connectivity index (χ3v) is 6.09. The minimum atomic E-state index is -1.15. The predicted molar refractivity (Wildman–Crippen MR) is 150 cm³/mol. The third-order valence-electron chi connectivity index (χ3n) is 6.09. The van der Waals surface area contributed by atoms with E-state index in [1.165, 1.54) is 0 Å². The summed E-state index contributed by atoms with van der Waals surface area (Å²) in [6.45, 7) is 7.76. The highest BCUT2D eigenvalue weighted by atomic mass is 16.6. The van der Waals surface area contributed by atoms with E-state index in [4.69, 9.17) is 16.2 Å². The molecule has 0 saturated heterocycles. The number of hydrogen-bond donors (Lipinski definition) is 4. The number of nitrogens with two attached hydrogens (primary N) is 2. The molecule has 4 atom stereocenters. The summed E-state index contributed by atoms with van der Waals surface area (Å²) in [4.78, 5) is 52.0. The van der Waals surface area contributed by atoms with Crippen LogP contribution in [-0.4, -0.2) is 47.9 Å². The zero-order valence-electron chi connectivity index (χ0n) is 23.3. The number of rotatable bonds is 14. The standard InChI is InChI=1S/C30H42N4O5/c1-19(2)15-23(31)27(35)33-25(17-21-11-7-5-8-12-21)29(37)39-30(38)26(18-22-13-9-6-10-14-22)34-28(36)24(32)16-20(3)4/h5-14,19-20,23-26H,15-18,31-32H2,1-4H3,(H,33,35)(H,34,36). The molecule has 0 spiro atoms. The van der Waals surface area contributed by atoms with E-state index in [1.807, 2.05) is 39.8 Å². The van der Waals surface area contributed by atoms with Crippen LogP contribution in [0.5, 0.6) is 0 Å². The highest BCUT2D eigenvalue weighted by Gasteiger charge is 2.32. The lowest BCUT2D eigenvalue weighted by molar-refractivity contribution is -0.164. The molecule has 0 radical (unpaired) electrons. The molecule has 6 N–H and O–H groups in total. The maximum absolute atomic E-state index is 13.2. The Hall–Kier alpha value is -3.56. The lowest BCUT2D eigenvalue weighted by Crippen LogP contribution is -2.53. The van der Waals surface area contributed by atoms with Gasteiger partial charge < -0.3 is 26.8 Å². The Morgan fingerprint density at radius 3 is 1.28 bits per heavy atom. The Balaban J connectivity index is 2.22. The van der Waals surface area contributed by atoms with Gasteiger partial charge in [-0.2, -0.15) is 0 Å². The number of ether oxygens (including phenoxy) is 1. The van der Waals surface area contributed by atoms with Gasteiger partial charge in [0.1, 0.15) is 12.1 Å². The van der Waals surface area contributed by atoms with Crippen molar-refractivity contribution in [3.05, 3.63) is 71.8 Å². The van der Waals surface area contributed by atoms with E-state index < -0.39 is 47.9 Å². The van der Waals surface area contributed by atoms with Gasteiger partial charge in [-0.1, -0.05) is 88.4 Å². The van der Waals surface area contributed by atoms with E-state index in [-0.39, 0.29) is 24.7 Å². The Morgan fingerprint density at radius 2 is 0.974 bits per heavy atom.